The van der Waals surface area contributed by atoms with Gasteiger partial charge < -0.3 is 74.4 Å². The van der Waals surface area contributed by atoms with Crippen molar-refractivity contribution < 1.29 is 146 Å². The van der Waals surface area contributed by atoms with Crippen LogP contribution in [0.3, 0.4) is 0 Å². The molecule has 1 aromatic rings. The van der Waals surface area contributed by atoms with Gasteiger partial charge in [0.1, 0.15) is 13.2 Å². The zero-order chi connectivity index (χ0) is 78.1. The molecule has 3 atom stereocenters. The summed E-state index contributed by atoms with van der Waals surface area (Å²) in [5.74, 6) is -5.33. The Labute approximate surface area is 681 Å². The largest absolute Gasteiger partial charge is 0.480 e. The number of unbranched alkanes of at least 4 members (excludes halogenated alkanes) is 28. The standard InChI is InChI=1S/C76H136N7O22PS.Gd/c1-3-5-7-9-11-13-15-17-19-21-23-25-27-29-31-36-73(92)102-63-68(105-74(93)37-32-30-28-26-24-22-20-18-16-14-12-10-8-6-4-2)64-104-106(95,96)103-47-39-78-76(94)101-55-54-100-53-52-99-51-50-98-49-48-97-46-38-77-75(107)79-66-35-33-34-65(56-66)57-67-58-82(61-71(88)89)43-42-80(59-69(84)85)40-41-81(60-70(86)87)44-45-83(67)62-72(90)91;/h33-35,56,67-68H,3-32,36-55,57-64H2,1-2H3,(H,78,94)(H,84,85)(H,86,87)(H,88,89)(H,90,91)(H,95,96)(H2,77,79,107);/t67?,68-;/m1./s1. The number of nitrogens with one attached hydrogen (secondary N) is 3. The number of hydrogen-bond acceptors (Lipinski definition) is 22. The third kappa shape index (κ3) is 62.6. The second-order valence-electron chi connectivity index (χ2n) is 27.6. The summed E-state index contributed by atoms with van der Waals surface area (Å²) in [6.45, 7) is 5.26. The van der Waals surface area contributed by atoms with Gasteiger partial charge in [0.15, 0.2) is 11.2 Å². The maximum Gasteiger partial charge on any atom is 0.472 e. The zero-order valence-electron chi connectivity index (χ0n) is 65.2. The molecular weight excluding hydrogens is 1580 g/mol. The Morgan fingerprint density at radius 2 is 0.889 bits per heavy atom. The second kappa shape index (κ2) is 69.8. The number of anilines is 1. The van der Waals surface area contributed by atoms with Crippen molar-refractivity contribution in [1.82, 2.24) is 30.2 Å². The van der Waals surface area contributed by atoms with E-state index in [1.54, 1.807) is 25.7 Å². The van der Waals surface area contributed by atoms with Gasteiger partial charge >= 0.3 is 49.7 Å². The number of hydrogen-bond donors (Lipinski definition) is 8. The molecule has 0 radical (unpaired) electrons. The number of phosphoric acid groups is 1. The van der Waals surface area contributed by atoms with E-state index in [1.807, 2.05) is 18.2 Å². The van der Waals surface area contributed by atoms with E-state index in [-0.39, 0.29) is 164 Å². The van der Waals surface area contributed by atoms with E-state index in [9.17, 15) is 63.4 Å². The molecule has 0 aromatic heterocycles. The van der Waals surface area contributed by atoms with Crippen molar-refractivity contribution >= 4 is 72.7 Å². The Morgan fingerprint density at radius 1 is 0.481 bits per heavy atom. The summed E-state index contributed by atoms with van der Waals surface area (Å²) >= 11 is 5.53. The molecule has 1 heterocycles. The Kier molecular flexibility index (Phi) is 66.0. The maximum atomic E-state index is 12.9. The fourth-order valence-corrected chi connectivity index (χ4v) is 13.2. The summed E-state index contributed by atoms with van der Waals surface area (Å²) in [7, 11) is -4.69. The molecule has 1 fully saturated rings. The van der Waals surface area contributed by atoms with Gasteiger partial charge in [-0.2, -0.15) is 0 Å². The summed E-state index contributed by atoms with van der Waals surface area (Å²) in [5.41, 5.74) is 1.44. The summed E-state index contributed by atoms with van der Waals surface area (Å²) in [5, 5.41) is 47.9. The summed E-state index contributed by atoms with van der Waals surface area (Å²) in [6, 6.07) is 6.79. The van der Waals surface area contributed by atoms with Crippen LogP contribution in [0, 0.1) is 39.9 Å². The van der Waals surface area contributed by atoms with Crippen LogP contribution < -0.4 is 16.0 Å². The smallest absolute Gasteiger partial charge is 0.472 e. The average molecular weight is 1720 g/mol. The molecular formula is C76H136GdN7O22PS. The fourth-order valence-electron chi connectivity index (χ4n) is 12.3. The Morgan fingerprint density at radius 3 is 1.36 bits per heavy atom. The number of alkyl carbamates (subject to hydrolysis) is 1. The van der Waals surface area contributed by atoms with E-state index in [0.717, 1.165) is 44.1 Å². The Balaban J connectivity index is 0.0000583. The third-order valence-electron chi connectivity index (χ3n) is 18.1. The first-order chi connectivity index (χ1) is 51.8. The number of phosphoric ester groups is 1. The van der Waals surface area contributed by atoms with Crippen LogP contribution >= 0.6 is 20.0 Å². The first-order valence-electron chi connectivity index (χ1n) is 39.9. The molecule has 0 bridgehead atoms. The van der Waals surface area contributed by atoms with Gasteiger partial charge in [-0.05, 0) is 49.2 Å². The molecule has 0 aliphatic carbocycles. The van der Waals surface area contributed by atoms with Crippen LogP contribution in [-0.2, 0) is 82.0 Å². The van der Waals surface area contributed by atoms with Gasteiger partial charge in [-0.15, -0.1) is 0 Å². The number of esters is 2. The molecule has 2 unspecified atom stereocenters. The number of carboxylic acid groups (broad SMARTS) is 4. The van der Waals surface area contributed by atoms with Crippen LogP contribution in [-0.4, -0.2) is 268 Å². The predicted octanol–water partition coefficient (Wildman–Crippen LogP) is 11.3. The molecule has 2 rings (SSSR count). The van der Waals surface area contributed by atoms with Crippen molar-refractivity contribution in [2.75, 3.05) is 170 Å². The number of benzene rings is 1. The maximum absolute atomic E-state index is 12.9. The van der Waals surface area contributed by atoms with Crippen LogP contribution in [0.2, 0.25) is 0 Å². The summed E-state index contributed by atoms with van der Waals surface area (Å²) in [6.07, 6.45) is 34.7. The van der Waals surface area contributed by atoms with Crippen molar-refractivity contribution in [1.29, 1.82) is 0 Å². The van der Waals surface area contributed by atoms with Gasteiger partial charge in [-0.1, -0.05) is 206 Å². The Hall–Kier alpha value is -3.89. The average Bonchev–Trinajstić information content (AvgIpc) is 0.850. The number of nitrogens with zero attached hydrogens (tertiary/aromatic N) is 4. The molecule has 1 aliphatic rings. The summed E-state index contributed by atoms with van der Waals surface area (Å²) in [4.78, 5) is 103. The van der Waals surface area contributed by atoms with Crippen LogP contribution in [0.5, 0.6) is 0 Å². The van der Waals surface area contributed by atoms with Gasteiger partial charge in [0.25, 0.3) is 0 Å². The van der Waals surface area contributed by atoms with Crippen molar-refractivity contribution in [3.8, 4) is 0 Å². The summed E-state index contributed by atoms with van der Waals surface area (Å²) < 4.78 is 61.5. The van der Waals surface area contributed by atoms with E-state index >= 15 is 0 Å². The van der Waals surface area contributed by atoms with Crippen LogP contribution in [0.1, 0.15) is 225 Å². The van der Waals surface area contributed by atoms with Crippen LogP contribution in [0.4, 0.5) is 10.5 Å². The minimum absolute atomic E-state index is 0. The van der Waals surface area contributed by atoms with Gasteiger partial charge in [-0.3, -0.25) is 57.4 Å². The van der Waals surface area contributed by atoms with Crippen molar-refractivity contribution in [3.05, 3.63) is 29.8 Å². The fraction of sp³-hybridized carbons (Fsp3) is 0.816. The number of rotatable bonds is 68. The molecule has 1 aromatic carbocycles. The van der Waals surface area contributed by atoms with E-state index in [4.69, 9.17) is 54.4 Å². The van der Waals surface area contributed by atoms with Crippen molar-refractivity contribution in [2.24, 2.45) is 0 Å². The molecule has 29 nitrogen and oxygen atoms in total. The van der Waals surface area contributed by atoms with E-state index < -0.39 is 75.1 Å². The quantitative estimate of drug-likeness (QED) is 0.00987. The van der Waals surface area contributed by atoms with Crippen LogP contribution in [0.15, 0.2) is 24.3 Å². The van der Waals surface area contributed by atoms with E-state index in [1.165, 1.54) is 141 Å². The molecule has 1 saturated heterocycles. The van der Waals surface area contributed by atoms with Gasteiger partial charge in [-0.25, -0.2) is 9.36 Å². The molecule has 1 amide bonds. The van der Waals surface area contributed by atoms with E-state index in [0.29, 0.717) is 69.6 Å². The molecule has 0 spiro atoms. The van der Waals surface area contributed by atoms with Gasteiger partial charge in [0.2, 0.25) is 0 Å². The minimum atomic E-state index is -4.69. The number of ether oxygens (including phenoxy) is 7. The molecule has 0 saturated carbocycles. The second-order valence-corrected chi connectivity index (χ2v) is 29.4. The van der Waals surface area contributed by atoms with Gasteiger partial charge in [0.05, 0.1) is 92.2 Å². The molecule has 108 heavy (non-hydrogen) atoms. The van der Waals surface area contributed by atoms with Crippen molar-refractivity contribution in [2.45, 2.75) is 238 Å². The molecule has 8 N–H and O–H groups in total. The predicted molar refractivity (Wildman–Crippen MR) is 414 cm³/mol. The van der Waals surface area contributed by atoms with Crippen LogP contribution in [0.25, 0.3) is 0 Å². The molecule has 1 aliphatic heterocycles. The Bertz CT molecular complexity index is 2560. The SMILES string of the molecule is CCCCCCCCCCCCCCCCCC(=O)OC[C@H](COP(=O)(O)OCCNC(=O)OCCOCCOCCOCCOCCNC(=S)Nc1cccc(CC2CN(CC(=O)O)CCN(CC(=O)O)CCN(CC(=O)O)CCN2CC(=O)O)c1)OC(=O)CCCCCCCCCCCCCCCCC.[Gd]. The van der Waals surface area contributed by atoms with Crippen molar-refractivity contribution in [3.63, 3.8) is 0 Å². The number of carbonyl (C=O) groups excluding carboxylic acids is 3. The monoisotopic (exact) mass is 1720 g/mol. The molecule has 32 heteroatoms. The van der Waals surface area contributed by atoms with E-state index in [2.05, 4.69) is 29.8 Å². The minimum Gasteiger partial charge on any atom is -0.480 e. The first kappa shape index (κ1) is 102. The topological polar surface area (TPSA) is 370 Å². The number of carbonyl (C=O) groups is 7. The number of amides is 1. The van der Waals surface area contributed by atoms with Gasteiger partial charge in [0, 0.05) is 123 Å². The number of carboxylic acids is 4. The first-order valence-corrected chi connectivity index (χ1v) is 41.8. The number of aliphatic carboxylic acids is 4. The number of thiocarbonyl (C=S) groups is 1. The molecule has 626 valence electrons. The third-order valence-corrected chi connectivity index (χ3v) is 19.3. The normalized spacial score (nSPS) is 15.0. The zero-order valence-corrected chi connectivity index (χ0v) is 69.1.